The molecule has 2 aliphatic rings. The average Bonchev–Trinajstić information content (AvgIpc) is 3.66. The monoisotopic (exact) mass is 461 g/mol. The smallest absolute Gasteiger partial charge is 0.285 e. The van der Waals surface area contributed by atoms with E-state index in [1.54, 1.807) is 17.0 Å². The van der Waals surface area contributed by atoms with Crippen molar-refractivity contribution in [1.82, 2.24) is 15.5 Å². The molecule has 177 valence electrons. The van der Waals surface area contributed by atoms with Gasteiger partial charge in [0.2, 0.25) is 11.8 Å². The molecule has 1 atom stereocenters. The van der Waals surface area contributed by atoms with Crippen molar-refractivity contribution in [3.8, 4) is 11.1 Å². The zero-order valence-electron chi connectivity index (χ0n) is 19.4. The van der Waals surface area contributed by atoms with Crippen molar-refractivity contribution in [2.75, 3.05) is 19.6 Å². The summed E-state index contributed by atoms with van der Waals surface area (Å²) in [6, 6.07) is 13.4. The summed E-state index contributed by atoms with van der Waals surface area (Å²) >= 11 is 0. The molecule has 2 fully saturated rings. The number of nitro groups is 1. The number of amides is 2. The fraction of sp³-hybridized carbons (Fsp3) is 0.385. The maximum atomic E-state index is 13.0. The highest BCUT2D eigenvalue weighted by Gasteiger charge is 2.31. The molecule has 2 amide bonds. The molecule has 0 aromatic heterocycles. The van der Waals surface area contributed by atoms with Crippen molar-refractivity contribution in [3.63, 3.8) is 0 Å². The highest BCUT2D eigenvalue weighted by Crippen LogP contribution is 2.38. The Bertz CT molecular complexity index is 1120. The van der Waals surface area contributed by atoms with Gasteiger partial charge < -0.3 is 15.5 Å². The van der Waals surface area contributed by atoms with Crippen LogP contribution in [0.3, 0.4) is 0 Å². The first kappa shape index (κ1) is 23.6. The molecule has 1 aliphatic carbocycles. The van der Waals surface area contributed by atoms with E-state index in [1.807, 2.05) is 38.1 Å². The Labute approximate surface area is 199 Å². The second kappa shape index (κ2) is 10.2. The highest BCUT2D eigenvalue weighted by molar-refractivity contribution is 5.95. The van der Waals surface area contributed by atoms with Gasteiger partial charge >= 0.3 is 0 Å². The van der Waals surface area contributed by atoms with Crippen LogP contribution < -0.4 is 10.6 Å². The van der Waals surface area contributed by atoms with Gasteiger partial charge in [0, 0.05) is 31.8 Å². The standard InChI is InChI=1S/C26H29N4O4/c1-17(2)20-7-3-4-8-21(20)25-18(6-5-9-23(25)30(33)34)10-13-24(31)29-15-14-27-22(16-29)26(32)28-19-11-12-19/h3-8,10,13,17,19,22,27H,11-12,14-16H2,1-2H3,(H,28,32)/b13-10+. The molecule has 8 heteroatoms. The predicted octanol–water partition coefficient (Wildman–Crippen LogP) is 3.28. The summed E-state index contributed by atoms with van der Waals surface area (Å²) in [4.78, 5) is 38.4. The van der Waals surface area contributed by atoms with Crippen LogP contribution >= 0.6 is 0 Å². The predicted molar refractivity (Wildman–Crippen MR) is 130 cm³/mol. The number of nitrogens with one attached hydrogen (secondary N) is 2. The molecule has 1 radical (unpaired) electrons. The summed E-state index contributed by atoms with van der Waals surface area (Å²) < 4.78 is 0. The Morgan fingerprint density at radius 1 is 1.26 bits per heavy atom. The normalized spacial score (nSPS) is 18.3. The minimum atomic E-state index is -0.440. The van der Waals surface area contributed by atoms with E-state index >= 15 is 0 Å². The minimum absolute atomic E-state index is 0.0780. The van der Waals surface area contributed by atoms with Crippen LogP contribution in [0.15, 0.2) is 42.5 Å². The van der Waals surface area contributed by atoms with Gasteiger partial charge in [-0.15, -0.1) is 0 Å². The Kier molecular flexibility index (Phi) is 7.07. The van der Waals surface area contributed by atoms with Crippen LogP contribution in [-0.4, -0.2) is 53.4 Å². The summed E-state index contributed by atoms with van der Waals surface area (Å²) in [5, 5.41) is 18.0. The van der Waals surface area contributed by atoms with Crippen molar-refractivity contribution in [2.24, 2.45) is 0 Å². The minimum Gasteiger partial charge on any atom is -0.352 e. The second-order valence-corrected chi connectivity index (χ2v) is 9.06. The van der Waals surface area contributed by atoms with E-state index in [0.29, 0.717) is 24.2 Å². The molecular formula is C26H29N4O4. The SMILES string of the molecule is CC(C)c1ccccc1-c1c([N+](=O)[O-])[c]ccc1/C=C/C(=O)N1CCNC(C(=O)NC2CC2)C1. The van der Waals surface area contributed by atoms with E-state index in [2.05, 4.69) is 16.7 Å². The van der Waals surface area contributed by atoms with Gasteiger partial charge in [0.15, 0.2) is 0 Å². The zero-order chi connectivity index (χ0) is 24.2. The van der Waals surface area contributed by atoms with Gasteiger partial charge in [-0.1, -0.05) is 44.2 Å². The van der Waals surface area contributed by atoms with E-state index in [0.717, 1.165) is 24.0 Å². The maximum absolute atomic E-state index is 13.0. The van der Waals surface area contributed by atoms with Crippen molar-refractivity contribution < 1.29 is 14.5 Å². The van der Waals surface area contributed by atoms with Gasteiger partial charge in [-0.05, 0) is 47.6 Å². The number of benzene rings is 2. The molecular weight excluding hydrogens is 432 g/mol. The molecule has 4 rings (SSSR count). The summed E-state index contributed by atoms with van der Waals surface area (Å²) in [6.07, 6.45) is 5.07. The van der Waals surface area contributed by atoms with E-state index in [1.165, 1.54) is 12.1 Å². The van der Waals surface area contributed by atoms with Crippen LogP contribution in [0.5, 0.6) is 0 Å². The molecule has 1 unspecified atom stereocenters. The fourth-order valence-electron chi connectivity index (χ4n) is 4.22. The number of nitro benzene ring substituents is 1. The van der Waals surface area contributed by atoms with Gasteiger partial charge in [0.05, 0.1) is 16.6 Å². The van der Waals surface area contributed by atoms with E-state index in [9.17, 15) is 19.7 Å². The van der Waals surface area contributed by atoms with Crippen LogP contribution in [0, 0.1) is 16.2 Å². The quantitative estimate of drug-likeness (QED) is 0.374. The van der Waals surface area contributed by atoms with Crippen LogP contribution in [0.2, 0.25) is 0 Å². The number of rotatable bonds is 7. The molecule has 1 heterocycles. The molecule has 8 nitrogen and oxygen atoms in total. The lowest BCUT2D eigenvalue weighted by Crippen LogP contribution is -2.58. The van der Waals surface area contributed by atoms with E-state index in [-0.39, 0.29) is 36.0 Å². The molecule has 2 N–H and O–H groups in total. The lowest BCUT2D eigenvalue weighted by molar-refractivity contribution is -0.384. The third-order valence-corrected chi connectivity index (χ3v) is 6.18. The van der Waals surface area contributed by atoms with Crippen LogP contribution in [-0.2, 0) is 9.59 Å². The largest absolute Gasteiger partial charge is 0.352 e. The summed E-state index contributed by atoms with van der Waals surface area (Å²) in [6.45, 7) is 5.38. The Morgan fingerprint density at radius 3 is 2.74 bits per heavy atom. The maximum Gasteiger partial charge on any atom is 0.285 e. The third-order valence-electron chi connectivity index (χ3n) is 6.18. The lowest BCUT2D eigenvalue weighted by Gasteiger charge is -2.32. The first-order valence-corrected chi connectivity index (χ1v) is 11.6. The molecule has 1 aliphatic heterocycles. The molecule has 2 aromatic carbocycles. The summed E-state index contributed by atoms with van der Waals surface area (Å²) in [7, 11) is 0. The third kappa shape index (κ3) is 5.34. The van der Waals surface area contributed by atoms with Gasteiger partial charge in [-0.25, -0.2) is 0 Å². The first-order valence-electron chi connectivity index (χ1n) is 11.6. The number of nitrogens with zero attached hydrogens (tertiary/aromatic N) is 2. The number of carbonyl (C=O) groups is 2. The molecule has 0 bridgehead atoms. The zero-order valence-corrected chi connectivity index (χ0v) is 19.4. The Balaban J connectivity index is 1.59. The lowest BCUT2D eigenvalue weighted by atomic mass is 9.89. The van der Waals surface area contributed by atoms with Crippen LogP contribution in [0.1, 0.15) is 43.7 Å². The summed E-state index contributed by atoms with van der Waals surface area (Å²) in [5.41, 5.74) is 2.64. The van der Waals surface area contributed by atoms with E-state index in [4.69, 9.17) is 0 Å². The van der Waals surface area contributed by atoms with Crippen LogP contribution in [0.25, 0.3) is 17.2 Å². The highest BCUT2D eigenvalue weighted by atomic mass is 16.6. The van der Waals surface area contributed by atoms with Crippen molar-refractivity contribution in [2.45, 2.75) is 44.7 Å². The molecule has 2 aromatic rings. The van der Waals surface area contributed by atoms with Crippen LogP contribution in [0.4, 0.5) is 5.69 Å². The molecule has 0 spiro atoms. The Hall–Kier alpha value is -3.52. The van der Waals surface area contributed by atoms with Gasteiger partial charge in [-0.2, -0.15) is 0 Å². The van der Waals surface area contributed by atoms with Crippen molar-refractivity contribution >= 4 is 23.6 Å². The molecule has 1 saturated heterocycles. The first-order chi connectivity index (χ1) is 16.3. The van der Waals surface area contributed by atoms with E-state index < -0.39 is 11.0 Å². The second-order valence-electron chi connectivity index (χ2n) is 9.06. The molecule has 1 saturated carbocycles. The van der Waals surface area contributed by atoms with Gasteiger partial charge in [0.25, 0.3) is 5.69 Å². The van der Waals surface area contributed by atoms with Gasteiger partial charge in [0.1, 0.15) is 6.04 Å². The number of hydrogen-bond acceptors (Lipinski definition) is 5. The topological polar surface area (TPSA) is 105 Å². The van der Waals surface area contributed by atoms with Crippen molar-refractivity contribution in [1.29, 1.82) is 0 Å². The summed E-state index contributed by atoms with van der Waals surface area (Å²) in [5.74, 6) is -0.149. The fourth-order valence-corrected chi connectivity index (χ4v) is 4.22. The van der Waals surface area contributed by atoms with Crippen molar-refractivity contribution in [3.05, 3.63) is 69.8 Å². The Morgan fingerprint density at radius 2 is 2.03 bits per heavy atom. The number of carbonyl (C=O) groups excluding carboxylic acids is 2. The average molecular weight is 462 g/mol. The number of piperazine rings is 1. The number of hydrogen-bond donors (Lipinski definition) is 2. The molecule has 34 heavy (non-hydrogen) atoms. The van der Waals surface area contributed by atoms with Gasteiger partial charge in [-0.3, -0.25) is 19.7 Å².